The zero-order valence-electron chi connectivity index (χ0n) is 12.9. The Morgan fingerprint density at radius 3 is 2.52 bits per heavy atom. The van der Waals surface area contributed by atoms with Gasteiger partial charge in [0.2, 0.25) is 5.91 Å². The smallest absolute Gasteiger partial charge is 0.319 e. The second-order valence-corrected chi connectivity index (χ2v) is 7.60. The minimum atomic E-state index is -0.802. The molecule has 1 atom stereocenters. The molecule has 1 aromatic heterocycles. The second kappa shape index (κ2) is 7.80. The lowest BCUT2D eigenvalue weighted by molar-refractivity contribution is -0.156. The van der Waals surface area contributed by atoms with Crippen molar-refractivity contribution < 1.29 is 14.3 Å². The van der Waals surface area contributed by atoms with Gasteiger partial charge >= 0.3 is 5.97 Å². The Bertz CT molecular complexity index is 493. The average molecular weight is 332 g/mol. The second-order valence-electron chi connectivity index (χ2n) is 5.80. The van der Waals surface area contributed by atoms with Crippen LogP contribution >= 0.6 is 22.9 Å². The number of esters is 1. The predicted molar refractivity (Wildman–Crippen MR) is 85.6 cm³/mol. The third kappa shape index (κ3) is 5.67. The number of halogens is 1. The molecule has 4 nitrogen and oxygen atoms in total. The van der Waals surface area contributed by atoms with E-state index in [1.54, 1.807) is 6.92 Å². The largest absolute Gasteiger partial charge is 0.465 e. The van der Waals surface area contributed by atoms with Gasteiger partial charge in [-0.15, -0.1) is 11.3 Å². The third-order valence-corrected chi connectivity index (χ3v) is 4.24. The van der Waals surface area contributed by atoms with Crippen molar-refractivity contribution >= 4 is 34.8 Å². The van der Waals surface area contributed by atoms with Crippen molar-refractivity contribution in [2.24, 2.45) is 11.3 Å². The highest BCUT2D eigenvalue weighted by Crippen LogP contribution is 2.27. The van der Waals surface area contributed by atoms with Crippen LogP contribution in [0, 0.1) is 11.3 Å². The zero-order chi connectivity index (χ0) is 16.0. The Morgan fingerprint density at radius 2 is 2.05 bits per heavy atom. The van der Waals surface area contributed by atoms with Crippen molar-refractivity contribution in [1.82, 2.24) is 5.32 Å². The lowest BCUT2D eigenvalue weighted by Crippen LogP contribution is -2.44. The fourth-order valence-corrected chi connectivity index (χ4v) is 3.06. The zero-order valence-corrected chi connectivity index (χ0v) is 14.4. The van der Waals surface area contributed by atoms with Gasteiger partial charge in [-0.1, -0.05) is 32.4 Å². The molecule has 1 N–H and O–H groups in total. The number of hydrogen-bond acceptors (Lipinski definition) is 4. The number of rotatable bonds is 6. The summed E-state index contributed by atoms with van der Waals surface area (Å²) in [6, 6.07) is 3.77. The first-order valence-electron chi connectivity index (χ1n) is 6.94. The molecule has 0 aliphatic carbocycles. The monoisotopic (exact) mass is 331 g/mol. The standard InChI is InChI=1S/C15H22ClNO3S/c1-5-20-14(19)12(15(2,3)4)13(18)17-9-8-10-6-7-11(16)21-10/h6-7,12H,5,8-9H2,1-4H3,(H,17,18). The summed E-state index contributed by atoms with van der Waals surface area (Å²) in [5.41, 5.74) is -0.484. The Morgan fingerprint density at radius 1 is 1.38 bits per heavy atom. The molecule has 0 aliphatic heterocycles. The minimum Gasteiger partial charge on any atom is -0.465 e. The summed E-state index contributed by atoms with van der Waals surface area (Å²) in [5.74, 6) is -1.56. The van der Waals surface area contributed by atoms with Gasteiger partial charge in [-0.3, -0.25) is 9.59 Å². The fourth-order valence-electron chi connectivity index (χ4n) is 1.98. The van der Waals surface area contributed by atoms with Crippen LogP contribution in [0.3, 0.4) is 0 Å². The molecule has 0 saturated heterocycles. The van der Waals surface area contributed by atoms with Gasteiger partial charge in [0.1, 0.15) is 5.92 Å². The van der Waals surface area contributed by atoms with Gasteiger partial charge in [-0.25, -0.2) is 0 Å². The number of carbonyl (C=O) groups is 2. The number of ether oxygens (including phenoxy) is 1. The third-order valence-electron chi connectivity index (χ3n) is 2.95. The van der Waals surface area contributed by atoms with E-state index in [1.807, 2.05) is 32.9 Å². The quantitative estimate of drug-likeness (QED) is 0.643. The van der Waals surface area contributed by atoms with E-state index < -0.39 is 17.3 Å². The number of carbonyl (C=O) groups excluding carboxylic acids is 2. The molecule has 1 rings (SSSR count). The van der Waals surface area contributed by atoms with E-state index in [4.69, 9.17) is 16.3 Å². The van der Waals surface area contributed by atoms with Gasteiger partial charge in [0.25, 0.3) is 0 Å². The molecule has 0 bridgehead atoms. The van der Waals surface area contributed by atoms with Crippen LogP contribution in [0.5, 0.6) is 0 Å². The molecular weight excluding hydrogens is 310 g/mol. The SMILES string of the molecule is CCOC(=O)C(C(=O)NCCc1ccc(Cl)s1)C(C)(C)C. The van der Waals surface area contributed by atoms with E-state index in [1.165, 1.54) is 11.3 Å². The molecule has 21 heavy (non-hydrogen) atoms. The summed E-state index contributed by atoms with van der Waals surface area (Å²) in [5, 5.41) is 2.81. The van der Waals surface area contributed by atoms with Crippen molar-refractivity contribution in [1.29, 1.82) is 0 Å². The Hall–Kier alpha value is -1.07. The van der Waals surface area contributed by atoms with Crippen LogP contribution in [0.25, 0.3) is 0 Å². The van der Waals surface area contributed by atoms with E-state index in [-0.39, 0.29) is 12.5 Å². The number of thiophene rings is 1. The van der Waals surface area contributed by atoms with Crippen molar-refractivity contribution in [3.8, 4) is 0 Å². The van der Waals surface area contributed by atoms with Gasteiger partial charge in [0, 0.05) is 11.4 Å². The van der Waals surface area contributed by atoms with Crippen LogP contribution in [-0.4, -0.2) is 25.0 Å². The predicted octanol–water partition coefficient (Wildman–Crippen LogP) is 3.29. The first-order chi connectivity index (χ1) is 9.75. The molecule has 0 saturated carbocycles. The van der Waals surface area contributed by atoms with E-state index in [0.29, 0.717) is 13.0 Å². The first kappa shape index (κ1) is 18.0. The molecule has 1 aromatic rings. The minimum absolute atomic E-state index is 0.270. The number of nitrogens with one attached hydrogen (secondary N) is 1. The highest BCUT2D eigenvalue weighted by molar-refractivity contribution is 7.16. The summed E-state index contributed by atoms with van der Waals surface area (Å²) < 4.78 is 5.74. The maximum Gasteiger partial charge on any atom is 0.319 e. The van der Waals surface area contributed by atoms with Crippen LogP contribution in [0.1, 0.15) is 32.6 Å². The maximum absolute atomic E-state index is 12.3. The van der Waals surface area contributed by atoms with Crippen LogP contribution in [-0.2, 0) is 20.7 Å². The van der Waals surface area contributed by atoms with Crippen molar-refractivity contribution in [2.45, 2.75) is 34.1 Å². The maximum atomic E-state index is 12.3. The van der Waals surface area contributed by atoms with Crippen molar-refractivity contribution in [2.75, 3.05) is 13.2 Å². The van der Waals surface area contributed by atoms with Gasteiger partial charge in [0.15, 0.2) is 0 Å². The van der Waals surface area contributed by atoms with E-state index in [9.17, 15) is 9.59 Å². The molecular formula is C15H22ClNO3S. The molecule has 0 radical (unpaired) electrons. The Kier molecular flexibility index (Phi) is 6.68. The van der Waals surface area contributed by atoms with Crippen molar-refractivity contribution in [3.63, 3.8) is 0 Å². The molecule has 1 amide bonds. The molecule has 6 heteroatoms. The summed E-state index contributed by atoms with van der Waals surface area (Å²) >= 11 is 7.35. The van der Waals surface area contributed by atoms with Gasteiger partial charge < -0.3 is 10.1 Å². The average Bonchev–Trinajstić information content (AvgIpc) is 2.73. The van der Waals surface area contributed by atoms with Gasteiger partial charge in [-0.2, -0.15) is 0 Å². The summed E-state index contributed by atoms with van der Waals surface area (Å²) in [6.45, 7) is 8.04. The Balaban J connectivity index is 2.58. The molecule has 118 valence electrons. The number of hydrogen-bond donors (Lipinski definition) is 1. The fraction of sp³-hybridized carbons (Fsp3) is 0.600. The van der Waals surface area contributed by atoms with Gasteiger partial charge in [-0.05, 0) is 30.9 Å². The first-order valence-corrected chi connectivity index (χ1v) is 8.13. The topological polar surface area (TPSA) is 55.4 Å². The molecule has 0 aromatic carbocycles. The highest BCUT2D eigenvalue weighted by Gasteiger charge is 2.38. The number of amides is 1. The highest BCUT2D eigenvalue weighted by atomic mass is 35.5. The van der Waals surface area contributed by atoms with E-state index in [2.05, 4.69) is 5.32 Å². The van der Waals surface area contributed by atoms with Crippen molar-refractivity contribution in [3.05, 3.63) is 21.3 Å². The normalized spacial score (nSPS) is 12.8. The van der Waals surface area contributed by atoms with E-state index >= 15 is 0 Å². The van der Waals surface area contributed by atoms with Gasteiger partial charge in [0.05, 0.1) is 10.9 Å². The van der Waals surface area contributed by atoms with Crippen LogP contribution in [0.4, 0.5) is 0 Å². The summed E-state index contributed by atoms with van der Waals surface area (Å²) in [4.78, 5) is 25.3. The summed E-state index contributed by atoms with van der Waals surface area (Å²) in [7, 11) is 0. The van der Waals surface area contributed by atoms with Crippen LogP contribution in [0.15, 0.2) is 12.1 Å². The van der Waals surface area contributed by atoms with Crippen LogP contribution in [0.2, 0.25) is 4.34 Å². The lowest BCUT2D eigenvalue weighted by atomic mass is 9.80. The van der Waals surface area contributed by atoms with Crippen LogP contribution < -0.4 is 5.32 Å². The molecule has 0 aliphatic rings. The Labute approximate surface area is 134 Å². The molecule has 1 heterocycles. The molecule has 0 spiro atoms. The molecule has 0 fully saturated rings. The lowest BCUT2D eigenvalue weighted by Gasteiger charge is -2.27. The van der Waals surface area contributed by atoms with E-state index in [0.717, 1.165) is 9.21 Å². The molecule has 1 unspecified atom stereocenters. The summed E-state index contributed by atoms with van der Waals surface area (Å²) in [6.07, 6.45) is 0.697.